The summed E-state index contributed by atoms with van der Waals surface area (Å²) in [5, 5.41) is 8.43. The van der Waals surface area contributed by atoms with Crippen LogP contribution in [-0.2, 0) is 11.2 Å². The van der Waals surface area contributed by atoms with Crippen molar-refractivity contribution in [3.63, 3.8) is 0 Å². The Morgan fingerprint density at radius 2 is 2.10 bits per heavy atom. The van der Waals surface area contributed by atoms with Crippen molar-refractivity contribution in [1.82, 2.24) is 20.5 Å². The molecule has 2 fully saturated rings. The summed E-state index contributed by atoms with van der Waals surface area (Å²) in [5.74, 6) is 1.69. The monoisotopic (exact) mass is 539 g/mol. The van der Waals surface area contributed by atoms with Gasteiger partial charge in [-0.3, -0.25) is 4.99 Å². The first-order valence-corrected chi connectivity index (χ1v) is 11.6. The Labute approximate surface area is 203 Å². The molecule has 1 unspecified atom stereocenters. The summed E-state index contributed by atoms with van der Waals surface area (Å²) in [5.41, 5.74) is 3.89. The van der Waals surface area contributed by atoms with Gasteiger partial charge in [0, 0.05) is 62.5 Å². The van der Waals surface area contributed by atoms with E-state index in [9.17, 15) is 0 Å². The van der Waals surface area contributed by atoms with Crippen LogP contribution in [0.25, 0.3) is 10.9 Å². The molecule has 2 aromatic rings. The number of guanidine groups is 1. The molecule has 6 nitrogen and oxygen atoms in total. The Balaban J connectivity index is 0.00000272. The molecule has 0 bridgehead atoms. The minimum absolute atomic E-state index is 0. The number of fused-ring (bicyclic) bond motifs is 1. The minimum atomic E-state index is 0. The van der Waals surface area contributed by atoms with Crippen molar-refractivity contribution in [2.45, 2.75) is 45.6 Å². The maximum absolute atomic E-state index is 5.53. The maximum Gasteiger partial charge on any atom is 0.191 e. The van der Waals surface area contributed by atoms with Crippen LogP contribution >= 0.6 is 24.0 Å². The number of benzene rings is 1. The van der Waals surface area contributed by atoms with E-state index in [0.29, 0.717) is 6.04 Å². The number of para-hydroxylation sites is 1. The Hall–Kier alpha value is -1.32. The Kier molecular flexibility index (Phi) is 9.47. The third-order valence-electron chi connectivity index (χ3n) is 6.47. The largest absolute Gasteiger partial charge is 0.381 e. The van der Waals surface area contributed by atoms with Gasteiger partial charge >= 0.3 is 0 Å². The molecule has 2 aliphatic heterocycles. The lowest BCUT2D eigenvalue weighted by atomic mass is 10.0. The molecular formula is C24H38IN5O. The average molecular weight is 540 g/mol. The summed E-state index contributed by atoms with van der Waals surface area (Å²) < 4.78 is 5.53. The predicted molar refractivity (Wildman–Crippen MR) is 140 cm³/mol. The molecular weight excluding hydrogens is 501 g/mol. The number of H-pyrrole nitrogens is 1. The number of nitrogens with one attached hydrogen (secondary N) is 3. The number of nitrogens with zero attached hydrogens (tertiary/aromatic N) is 2. The van der Waals surface area contributed by atoms with Gasteiger partial charge in [-0.25, -0.2) is 0 Å². The quantitative estimate of drug-likeness (QED) is 0.286. The van der Waals surface area contributed by atoms with Crippen LogP contribution in [-0.4, -0.2) is 67.8 Å². The minimum Gasteiger partial charge on any atom is -0.381 e. The molecule has 3 heterocycles. The Morgan fingerprint density at radius 1 is 1.26 bits per heavy atom. The summed E-state index contributed by atoms with van der Waals surface area (Å²) in [6.45, 7) is 11.4. The van der Waals surface area contributed by atoms with Gasteiger partial charge < -0.3 is 25.3 Å². The summed E-state index contributed by atoms with van der Waals surface area (Å²) in [7, 11) is 0. The van der Waals surface area contributed by atoms with Gasteiger partial charge in [0.1, 0.15) is 0 Å². The first kappa shape index (κ1) is 24.3. The summed E-state index contributed by atoms with van der Waals surface area (Å²) >= 11 is 0. The van der Waals surface area contributed by atoms with Gasteiger partial charge in [-0.05, 0) is 56.6 Å². The Bertz CT molecular complexity index is 838. The van der Waals surface area contributed by atoms with Gasteiger partial charge in [-0.2, -0.15) is 0 Å². The number of aliphatic imine (C=N–C) groups is 1. The van der Waals surface area contributed by atoms with Gasteiger partial charge in [0.05, 0.1) is 6.61 Å². The molecule has 0 aliphatic carbocycles. The van der Waals surface area contributed by atoms with Crippen LogP contribution in [0, 0.1) is 12.8 Å². The van der Waals surface area contributed by atoms with Crippen molar-refractivity contribution in [3.05, 3.63) is 35.5 Å². The van der Waals surface area contributed by atoms with E-state index in [1.54, 1.807) is 0 Å². The topological polar surface area (TPSA) is 64.7 Å². The van der Waals surface area contributed by atoms with Gasteiger partial charge in [0.15, 0.2) is 5.96 Å². The van der Waals surface area contributed by atoms with Crippen LogP contribution in [0.3, 0.4) is 0 Å². The molecule has 7 heteroatoms. The molecule has 1 aromatic heterocycles. The smallest absolute Gasteiger partial charge is 0.191 e. The van der Waals surface area contributed by atoms with Crippen LogP contribution in [0.15, 0.2) is 29.4 Å². The summed E-state index contributed by atoms with van der Waals surface area (Å²) in [6.07, 6.45) is 6.67. The van der Waals surface area contributed by atoms with Crippen molar-refractivity contribution in [1.29, 1.82) is 0 Å². The highest BCUT2D eigenvalue weighted by atomic mass is 127. The van der Waals surface area contributed by atoms with Crippen LogP contribution in [0.2, 0.25) is 0 Å². The summed E-state index contributed by atoms with van der Waals surface area (Å²) in [4.78, 5) is 10.9. The number of aromatic nitrogens is 1. The highest BCUT2D eigenvalue weighted by molar-refractivity contribution is 14.0. The van der Waals surface area contributed by atoms with E-state index in [2.05, 4.69) is 58.8 Å². The van der Waals surface area contributed by atoms with E-state index in [-0.39, 0.29) is 24.0 Å². The molecule has 2 aliphatic rings. The van der Waals surface area contributed by atoms with Crippen molar-refractivity contribution in [3.8, 4) is 0 Å². The fraction of sp³-hybridized carbons (Fsp3) is 0.625. The third-order valence-corrected chi connectivity index (χ3v) is 6.47. The number of hydrogen-bond acceptors (Lipinski definition) is 3. The van der Waals surface area contributed by atoms with Gasteiger partial charge in [0.25, 0.3) is 0 Å². The molecule has 172 valence electrons. The lowest BCUT2D eigenvalue weighted by Crippen LogP contribution is -2.49. The number of aryl methyl sites for hydroxylation is 1. The fourth-order valence-corrected chi connectivity index (χ4v) is 4.72. The van der Waals surface area contributed by atoms with E-state index in [0.717, 1.165) is 44.6 Å². The lowest BCUT2D eigenvalue weighted by Gasteiger charge is -2.34. The number of halogens is 1. The summed E-state index contributed by atoms with van der Waals surface area (Å²) in [6, 6.07) is 7.00. The first-order chi connectivity index (χ1) is 14.7. The second-order valence-corrected chi connectivity index (χ2v) is 8.77. The van der Waals surface area contributed by atoms with Gasteiger partial charge in [-0.1, -0.05) is 18.2 Å². The zero-order valence-corrected chi connectivity index (χ0v) is 21.3. The molecule has 2 saturated heterocycles. The number of piperidine rings is 1. The maximum atomic E-state index is 5.53. The highest BCUT2D eigenvalue weighted by Gasteiger charge is 2.24. The SMILES string of the molecule is CCNC(=NCCc1c[nH]c2c(C)cccc12)NC1CCN(CC2CCOC2)CC1.I. The van der Waals surface area contributed by atoms with Gasteiger partial charge in [-0.15, -0.1) is 24.0 Å². The average Bonchev–Trinajstić information content (AvgIpc) is 3.40. The molecule has 31 heavy (non-hydrogen) atoms. The van der Waals surface area contributed by atoms with E-state index in [1.165, 1.54) is 60.9 Å². The number of ether oxygens (including phenoxy) is 1. The number of hydrogen-bond donors (Lipinski definition) is 3. The molecule has 4 rings (SSSR count). The van der Waals surface area contributed by atoms with E-state index in [1.807, 2.05) is 0 Å². The second-order valence-electron chi connectivity index (χ2n) is 8.77. The molecule has 0 radical (unpaired) electrons. The molecule has 1 aromatic carbocycles. The van der Waals surface area contributed by atoms with Gasteiger partial charge in [0.2, 0.25) is 0 Å². The van der Waals surface area contributed by atoms with Crippen molar-refractivity contribution in [2.24, 2.45) is 10.9 Å². The zero-order valence-electron chi connectivity index (χ0n) is 19.0. The van der Waals surface area contributed by atoms with Crippen LogP contribution in [0.1, 0.15) is 37.3 Å². The number of aromatic amines is 1. The molecule has 0 amide bonds. The first-order valence-electron chi connectivity index (χ1n) is 11.6. The fourth-order valence-electron chi connectivity index (χ4n) is 4.72. The van der Waals surface area contributed by atoms with E-state index >= 15 is 0 Å². The van der Waals surface area contributed by atoms with Crippen molar-refractivity contribution < 1.29 is 4.74 Å². The number of likely N-dealkylation sites (tertiary alicyclic amines) is 1. The van der Waals surface area contributed by atoms with Crippen LogP contribution in [0.4, 0.5) is 0 Å². The standard InChI is InChI=1S/C24H37N5O.HI/c1-3-25-24(26-11-7-20-15-27-23-18(2)5-4-6-22(20)23)28-21-8-12-29(13-9-21)16-19-10-14-30-17-19;/h4-6,15,19,21,27H,3,7-14,16-17H2,1-2H3,(H2,25,26,28);1H. The van der Waals surface area contributed by atoms with E-state index in [4.69, 9.17) is 9.73 Å². The second kappa shape index (κ2) is 12.1. The highest BCUT2D eigenvalue weighted by Crippen LogP contribution is 2.21. The molecule has 1 atom stereocenters. The Morgan fingerprint density at radius 3 is 2.84 bits per heavy atom. The molecule has 3 N–H and O–H groups in total. The van der Waals surface area contributed by atoms with Crippen molar-refractivity contribution >= 4 is 40.8 Å². The van der Waals surface area contributed by atoms with Crippen LogP contribution in [0.5, 0.6) is 0 Å². The van der Waals surface area contributed by atoms with E-state index < -0.39 is 0 Å². The normalized spacial score (nSPS) is 20.7. The van der Waals surface area contributed by atoms with Crippen LogP contribution < -0.4 is 10.6 Å². The predicted octanol–water partition coefficient (Wildman–Crippen LogP) is 3.69. The lowest BCUT2D eigenvalue weighted by molar-refractivity contribution is 0.150. The molecule has 0 saturated carbocycles. The molecule has 0 spiro atoms. The zero-order chi connectivity index (χ0) is 20.8. The third kappa shape index (κ3) is 6.58. The number of rotatable bonds is 7. The van der Waals surface area contributed by atoms with Crippen molar-refractivity contribution in [2.75, 3.05) is 45.9 Å².